The van der Waals surface area contributed by atoms with Gasteiger partial charge in [0.05, 0.1) is 14.2 Å². The fourth-order valence-electron chi connectivity index (χ4n) is 2.17. The minimum atomic E-state index is -1.23. The van der Waals surface area contributed by atoms with Crippen LogP contribution in [0.4, 0.5) is 0 Å². The second-order valence-electron chi connectivity index (χ2n) is 4.45. The lowest BCUT2D eigenvalue weighted by atomic mass is 9.67. The van der Waals surface area contributed by atoms with Gasteiger partial charge in [0.25, 0.3) is 11.8 Å². The number of rotatable bonds is 6. The standard InChI is InChI=1S/C11H22N2O4/c1-7(2)11(8(3)4,9(14)12-16-5)10(15)13-17-6/h7-8H,1-6H3,(H,12,14)(H,13,15). The third-order valence-corrected chi connectivity index (χ3v) is 2.96. The van der Waals surface area contributed by atoms with E-state index in [4.69, 9.17) is 0 Å². The molecule has 0 fully saturated rings. The zero-order valence-electron chi connectivity index (χ0n) is 11.3. The summed E-state index contributed by atoms with van der Waals surface area (Å²) in [6.07, 6.45) is 0. The summed E-state index contributed by atoms with van der Waals surface area (Å²) in [7, 11) is 2.66. The first-order chi connectivity index (χ1) is 7.85. The Morgan fingerprint density at radius 3 is 1.35 bits per heavy atom. The Hall–Kier alpha value is -1.14. The number of carbonyl (C=O) groups is 2. The van der Waals surface area contributed by atoms with E-state index in [1.807, 2.05) is 27.7 Å². The Labute approximate surface area is 102 Å². The number of hydrogen-bond donors (Lipinski definition) is 2. The predicted molar refractivity (Wildman–Crippen MR) is 62.4 cm³/mol. The maximum Gasteiger partial charge on any atom is 0.259 e. The van der Waals surface area contributed by atoms with E-state index >= 15 is 0 Å². The Kier molecular flexibility index (Phi) is 6.12. The molecular formula is C11H22N2O4. The van der Waals surface area contributed by atoms with Gasteiger partial charge in [0, 0.05) is 0 Å². The third-order valence-electron chi connectivity index (χ3n) is 2.96. The van der Waals surface area contributed by atoms with E-state index in [1.165, 1.54) is 14.2 Å². The topological polar surface area (TPSA) is 76.7 Å². The van der Waals surface area contributed by atoms with Crippen LogP contribution in [0.2, 0.25) is 0 Å². The molecule has 2 amide bonds. The monoisotopic (exact) mass is 246 g/mol. The molecule has 0 spiro atoms. The zero-order chi connectivity index (χ0) is 13.6. The molecule has 0 aromatic rings. The molecule has 0 aliphatic heterocycles. The number of carbonyl (C=O) groups excluding carboxylic acids is 2. The van der Waals surface area contributed by atoms with Gasteiger partial charge in [0.1, 0.15) is 5.41 Å². The highest BCUT2D eigenvalue weighted by atomic mass is 16.6. The van der Waals surface area contributed by atoms with Crippen LogP contribution in [-0.4, -0.2) is 26.0 Å². The van der Waals surface area contributed by atoms with Crippen LogP contribution >= 0.6 is 0 Å². The SMILES string of the molecule is CONC(=O)C(C(=O)NOC)(C(C)C)C(C)C. The van der Waals surface area contributed by atoms with Crippen LogP contribution in [-0.2, 0) is 19.3 Å². The van der Waals surface area contributed by atoms with E-state index in [-0.39, 0.29) is 11.8 Å². The molecule has 0 aliphatic carbocycles. The van der Waals surface area contributed by atoms with Crippen LogP contribution in [0.25, 0.3) is 0 Å². The van der Waals surface area contributed by atoms with Gasteiger partial charge in [0.2, 0.25) is 0 Å². The predicted octanol–water partition coefficient (Wildman–Crippen LogP) is 0.640. The molecule has 0 unspecified atom stereocenters. The lowest BCUT2D eigenvalue weighted by molar-refractivity contribution is -0.163. The van der Waals surface area contributed by atoms with Crippen molar-refractivity contribution in [2.45, 2.75) is 27.7 Å². The van der Waals surface area contributed by atoms with Gasteiger partial charge in [-0.1, -0.05) is 27.7 Å². The van der Waals surface area contributed by atoms with Crippen molar-refractivity contribution in [3.63, 3.8) is 0 Å². The molecule has 0 radical (unpaired) electrons. The smallest absolute Gasteiger partial charge is 0.259 e. The van der Waals surface area contributed by atoms with Crippen molar-refractivity contribution in [2.24, 2.45) is 17.3 Å². The molecule has 0 heterocycles. The Bertz CT molecular complexity index is 249. The lowest BCUT2D eigenvalue weighted by Gasteiger charge is -2.37. The van der Waals surface area contributed by atoms with Gasteiger partial charge in [-0.3, -0.25) is 19.3 Å². The average molecular weight is 246 g/mol. The van der Waals surface area contributed by atoms with E-state index < -0.39 is 17.2 Å². The molecule has 0 saturated carbocycles. The Morgan fingerprint density at radius 1 is 0.882 bits per heavy atom. The summed E-state index contributed by atoms with van der Waals surface area (Å²) in [5, 5.41) is 0. The van der Waals surface area contributed by atoms with Gasteiger partial charge < -0.3 is 0 Å². The maximum absolute atomic E-state index is 12.1. The fourth-order valence-corrected chi connectivity index (χ4v) is 2.17. The average Bonchev–Trinajstić information content (AvgIpc) is 2.17. The van der Waals surface area contributed by atoms with Gasteiger partial charge in [-0.05, 0) is 11.8 Å². The van der Waals surface area contributed by atoms with E-state index in [9.17, 15) is 9.59 Å². The van der Waals surface area contributed by atoms with Gasteiger partial charge in [0.15, 0.2) is 0 Å². The Balaban J connectivity index is 5.43. The Morgan fingerprint density at radius 2 is 1.18 bits per heavy atom. The first-order valence-corrected chi connectivity index (χ1v) is 5.52. The minimum Gasteiger partial charge on any atom is -0.277 e. The summed E-state index contributed by atoms with van der Waals surface area (Å²) in [6, 6.07) is 0. The van der Waals surface area contributed by atoms with Crippen LogP contribution < -0.4 is 11.0 Å². The second kappa shape index (κ2) is 6.56. The first kappa shape index (κ1) is 15.9. The number of amides is 2. The summed E-state index contributed by atoms with van der Waals surface area (Å²) in [5.74, 6) is -1.35. The van der Waals surface area contributed by atoms with Crippen LogP contribution in [0.5, 0.6) is 0 Å². The van der Waals surface area contributed by atoms with Crippen molar-refractivity contribution in [1.29, 1.82) is 0 Å². The molecule has 0 bridgehead atoms. The molecule has 2 N–H and O–H groups in total. The summed E-state index contributed by atoms with van der Waals surface area (Å²) >= 11 is 0. The highest BCUT2D eigenvalue weighted by molar-refractivity contribution is 6.05. The van der Waals surface area contributed by atoms with Crippen LogP contribution in [0, 0.1) is 17.3 Å². The molecule has 0 aromatic carbocycles. The quantitative estimate of drug-likeness (QED) is 0.532. The number of hydrogen-bond acceptors (Lipinski definition) is 4. The van der Waals surface area contributed by atoms with Gasteiger partial charge in [-0.25, -0.2) is 11.0 Å². The van der Waals surface area contributed by atoms with Gasteiger partial charge in [-0.2, -0.15) is 0 Å². The number of hydroxylamine groups is 2. The molecule has 17 heavy (non-hydrogen) atoms. The molecule has 6 nitrogen and oxygen atoms in total. The molecule has 0 saturated heterocycles. The number of nitrogens with one attached hydrogen (secondary N) is 2. The molecule has 0 aliphatic rings. The summed E-state index contributed by atoms with van der Waals surface area (Å²) in [6.45, 7) is 7.24. The van der Waals surface area contributed by atoms with E-state index in [0.29, 0.717) is 0 Å². The van der Waals surface area contributed by atoms with Crippen molar-refractivity contribution in [3.05, 3.63) is 0 Å². The lowest BCUT2D eigenvalue weighted by Crippen LogP contribution is -2.57. The summed E-state index contributed by atoms with van der Waals surface area (Å²) in [4.78, 5) is 33.5. The van der Waals surface area contributed by atoms with Crippen LogP contribution in [0.3, 0.4) is 0 Å². The summed E-state index contributed by atoms with van der Waals surface area (Å²) < 4.78 is 0. The van der Waals surface area contributed by atoms with Crippen molar-refractivity contribution < 1.29 is 19.3 Å². The maximum atomic E-state index is 12.1. The van der Waals surface area contributed by atoms with E-state index in [2.05, 4.69) is 20.6 Å². The van der Waals surface area contributed by atoms with E-state index in [0.717, 1.165) is 0 Å². The molecule has 0 aromatic heterocycles. The van der Waals surface area contributed by atoms with Crippen LogP contribution in [0.15, 0.2) is 0 Å². The van der Waals surface area contributed by atoms with Gasteiger partial charge in [-0.15, -0.1) is 0 Å². The van der Waals surface area contributed by atoms with E-state index in [1.54, 1.807) is 0 Å². The largest absolute Gasteiger partial charge is 0.277 e. The molecule has 0 rings (SSSR count). The highest BCUT2D eigenvalue weighted by Gasteiger charge is 2.51. The molecule has 6 heteroatoms. The van der Waals surface area contributed by atoms with Crippen molar-refractivity contribution >= 4 is 11.8 Å². The fraction of sp³-hybridized carbons (Fsp3) is 0.818. The van der Waals surface area contributed by atoms with Crippen molar-refractivity contribution in [1.82, 2.24) is 11.0 Å². The normalized spacial score (nSPS) is 11.8. The minimum absolute atomic E-state index is 0.201. The molecule has 0 atom stereocenters. The first-order valence-electron chi connectivity index (χ1n) is 5.52. The third kappa shape index (κ3) is 2.95. The summed E-state index contributed by atoms with van der Waals surface area (Å²) in [5.41, 5.74) is 3.24. The molecular weight excluding hydrogens is 224 g/mol. The van der Waals surface area contributed by atoms with Crippen molar-refractivity contribution in [3.8, 4) is 0 Å². The van der Waals surface area contributed by atoms with Crippen molar-refractivity contribution in [2.75, 3.05) is 14.2 Å². The highest BCUT2D eigenvalue weighted by Crippen LogP contribution is 2.36. The molecule has 100 valence electrons. The van der Waals surface area contributed by atoms with Gasteiger partial charge >= 0.3 is 0 Å². The zero-order valence-corrected chi connectivity index (χ0v) is 11.3. The second-order valence-corrected chi connectivity index (χ2v) is 4.45. The van der Waals surface area contributed by atoms with Crippen LogP contribution in [0.1, 0.15) is 27.7 Å².